The Labute approximate surface area is 147 Å². The number of hydrogen-bond acceptors (Lipinski definition) is 3. The molecule has 0 unspecified atom stereocenters. The minimum atomic E-state index is -0.527. The second-order valence-electron chi connectivity index (χ2n) is 8.15. The summed E-state index contributed by atoms with van der Waals surface area (Å²) in [5.41, 5.74) is 3.56. The molecule has 1 aromatic heterocycles. The van der Waals surface area contributed by atoms with Crippen LogP contribution in [-0.2, 0) is 28.0 Å². The molecule has 3 heterocycles. The average molecular weight is 342 g/mol. The minimum absolute atomic E-state index is 0.0516. The van der Waals surface area contributed by atoms with Gasteiger partial charge in [-0.1, -0.05) is 38.1 Å². The maximum absolute atomic E-state index is 12.9. The van der Waals surface area contributed by atoms with E-state index in [1.807, 2.05) is 41.2 Å². The number of ether oxygens (including phenoxy) is 2. The smallest absolute Gasteiger partial charge is 0.329 e. The van der Waals surface area contributed by atoms with Crippen LogP contribution in [-0.4, -0.2) is 27.6 Å². The van der Waals surface area contributed by atoms with E-state index in [1.165, 1.54) is 5.56 Å². The zero-order chi connectivity index (χ0) is 17.8. The summed E-state index contributed by atoms with van der Waals surface area (Å²) in [7, 11) is 0. The summed E-state index contributed by atoms with van der Waals surface area (Å²) in [6, 6.07) is 6.26. The molecule has 4 rings (SSSR count). The highest BCUT2D eigenvalue weighted by atomic mass is 16.7. The van der Waals surface area contributed by atoms with Crippen molar-refractivity contribution in [3.63, 3.8) is 0 Å². The second kappa shape index (κ2) is 5.58. The third kappa shape index (κ3) is 2.75. The number of para-hydroxylation sites is 1. The first-order chi connectivity index (χ1) is 11.8. The van der Waals surface area contributed by atoms with Gasteiger partial charge in [-0.05, 0) is 37.3 Å². The van der Waals surface area contributed by atoms with Gasteiger partial charge in [0.15, 0.2) is 5.79 Å². The van der Waals surface area contributed by atoms with Crippen LogP contribution in [0.5, 0.6) is 0 Å². The molecule has 0 amide bonds. The molecular formula is C20H26N2O3. The van der Waals surface area contributed by atoms with E-state index in [-0.39, 0.29) is 17.2 Å². The molecule has 0 aliphatic carbocycles. The molecular weight excluding hydrogens is 316 g/mol. The van der Waals surface area contributed by atoms with Gasteiger partial charge in [0.25, 0.3) is 0 Å². The average Bonchev–Trinajstić information content (AvgIpc) is 3.02. The van der Waals surface area contributed by atoms with E-state index in [0.717, 1.165) is 24.0 Å². The van der Waals surface area contributed by atoms with Crippen molar-refractivity contribution in [1.82, 2.24) is 9.13 Å². The molecule has 1 fully saturated rings. The van der Waals surface area contributed by atoms with Crippen molar-refractivity contribution >= 4 is 11.0 Å². The number of imidazole rings is 1. The summed E-state index contributed by atoms with van der Waals surface area (Å²) >= 11 is 0. The van der Waals surface area contributed by atoms with Crippen LogP contribution in [0.15, 0.2) is 35.1 Å². The molecule has 0 saturated carbocycles. The summed E-state index contributed by atoms with van der Waals surface area (Å²) in [6.45, 7) is 10.2. The van der Waals surface area contributed by atoms with Gasteiger partial charge >= 0.3 is 5.69 Å². The largest absolute Gasteiger partial charge is 0.347 e. The number of rotatable bonds is 3. The first kappa shape index (κ1) is 16.6. The number of aryl methyl sites for hydroxylation is 1. The SMILES string of the molecule is CC1(C)OC[C@H](C=CCn2c(=O)n3c4c(cccc42)C(C)(C)CC3)O1. The summed E-state index contributed by atoms with van der Waals surface area (Å²) in [4.78, 5) is 12.9. The van der Waals surface area contributed by atoms with Crippen molar-refractivity contribution in [2.24, 2.45) is 0 Å². The molecule has 1 aromatic carbocycles. The Kier molecular flexibility index (Phi) is 3.71. The van der Waals surface area contributed by atoms with E-state index < -0.39 is 5.79 Å². The summed E-state index contributed by atoms with van der Waals surface area (Å²) in [5, 5.41) is 0. The summed E-state index contributed by atoms with van der Waals surface area (Å²) in [6.07, 6.45) is 4.94. The maximum atomic E-state index is 12.9. The summed E-state index contributed by atoms with van der Waals surface area (Å²) in [5.74, 6) is -0.527. The number of hydrogen-bond donors (Lipinski definition) is 0. The van der Waals surface area contributed by atoms with Crippen molar-refractivity contribution in [1.29, 1.82) is 0 Å². The fourth-order valence-electron chi connectivity index (χ4n) is 3.96. The second-order valence-corrected chi connectivity index (χ2v) is 8.15. The van der Waals surface area contributed by atoms with Crippen LogP contribution in [0, 0.1) is 0 Å². The normalized spacial score (nSPS) is 24.4. The van der Waals surface area contributed by atoms with Crippen LogP contribution < -0.4 is 5.69 Å². The third-order valence-corrected chi connectivity index (χ3v) is 5.40. The van der Waals surface area contributed by atoms with E-state index in [2.05, 4.69) is 26.0 Å². The molecule has 1 saturated heterocycles. The third-order valence-electron chi connectivity index (χ3n) is 5.40. The van der Waals surface area contributed by atoms with Gasteiger partial charge in [0.1, 0.15) is 6.10 Å². The quantitative estimate of drug-likeness (QED) is 0.805. The molecule has 5 nitrogen and oxygen atoms in total. The van der Waals surface area contributed by atoms with Gasteiger partial charge in [-0.2, -0.15) is 0 Å². The fraction of sp³-hybridized carbons (Fsp3) is 0.550. The molecule has 1 atom stereocenters. The predicted molar refractivity (Wildman–Crippen MR) is 97.9 cm³/mol. The number of benzene rings is 1. The van der Waals surface area contributed by atoms with Crippen molar-refractivity contribution in [2.75, 3.05) is 6.61 Å². The molecule has 2 aromatic rings. The monoisotopic (exact) mass is 342 g/mol. The van der Waals surface area contributed by atoms with E-state index in [0.29, 0.717) is 13.2 Å². The number of aromatic nitrogens is 2. The Morgan fingerprint density at radius 1 is 1.28 bits per heavy atom. The highest BCUT2D eigenvalue weighted by Crippen LogP contribution is 2.36. The predicted octanol–water partition coefficient (Wildman–Crippen LogP) is 3.19. The van der Waals surface area contributed by atoms with Crippen LogP contribution in [0.1, 0.15) is 39.7 Å². The molecule has 0 N–H and O–H groups in total. The first-order valence-corrected chi connectivity index (χ1v) is 8.99. The van der Waals surface area contributed by atoms with Gasteiger partial charge in [-0.3, -0.25) is 9.13 Å². The van der Waals surface area contributed by atoms with Crippen LogP contribution in [0.2, 0.25) is 0 Å². The van der Waals surface area contributed by atoms with Gasteiger partial charge in [-0.25, -0.2) is 4.79 Å². The van der Waals surface area contributed by atoms with E-state index >= 15 is 0 Å². The lowest BCUT2D eigenvalue weighted by atomic mass is 9.79. The van der Waals surface area contributed by atoms with Crippen LogP contribution in [0.25, 0.3) is 11.0 Å². The fourth-order valence-corrected chi connectivity index (χ4v) is 3.96. The molecule has 2 aliphatic heterocycles. The Bertz CT molecular complexity index is 902. The lowest BCUT2D eigenvalue weighted by molar-refractivity contribution is -0.133. The van der Waals surface area contributed by atoms with Crippen molar-refractivity contribution < 1.29 is 9.47 Å². The highest BCUT2D eigenvalue weighted by molar-refractivity contribution is 5.81. The topological polar surface area (TPSA) is 45.4 Å². The molecule has 2 aliphatic rings. The van der Waals surface area contributed by atoms with Crippen LogP contribution in [0.4, 0.5) is 0 Å². The van der Waals surface area contributed by atoms with Gasteiger partial charge in [0.05, 0.1) is 17.6 Å². The zero-order valence-corrected chi connectivity index (χ0v) is 15.4. The zero-order valence-electron chi connectivity index (χ0n) is 15.4. The lowest BCUT2D eigenvalue weighted by Crippen LogP contribution is -2.31. The molecule has 25 heavy (non-hydrogen) atoms. The highest BCUT2D eigenvalue weighted by Gasteiger charge is 2.32. The van der Waals surface area contributed by atoms with Crippen LogP contribution in [0.3, 0.4) is 0 Å². The standard InChI is InChI=1S/C20H26N2O3/c1-19(2)10-12-22-17-15(19)8-5-9-16(17)21(18(22)23)11-6-7-14-13-24-20(3,4)25-14/h5-9,14H,10-13H2,1-4H3/t14-/m0/s1. The van der Waals surface area contributed by atoms with Crippen molar-refractivity contribution in [3.05, 3.63) is 46.4 Å². The van der Waals surface area contributed by atoms with E-state index in [4.69, 9.17) is 9.47 Å². The van der Waals surface area contributed by atoms with Gasteiger partial charge in [0.2, 0.25) is 0 Å². The first-order valence-electron chi connectivity index (χ1n) is 8.99. The molecule has 0 bridgehead atoms. The number of allylic oxidation sites excluding steroid dienone is 1. The molecule has 5 heteroatoms. The maximum Gasteiger partial charge on any atom is 0.329 e. The molecule has 134 valence electrons. The Morgan fingerprint density at radius 2 is 2.08 bits per heavy atom. The Morgan fingerprint density at radius 3 is 2.80 bits per heavy atom. The van der Waals surface area contributed by atoms with Gasteiger partial charge in [-0.15, -0.1) is 0 Å². The van der Waals surface area contributed by atoms with Crippen molar-refractivity contribution in [2.45, 2.75) is 64.5 Å². The molecule has 0 radical (unpaired) electrons. The van der Waals surface area contributed by atoms with E-state index in [1.54, 1.807) is 0 Å². The van der Waals surface area contributed by atoms with E-state index in [9.17, 15) is 4.79 Å². The van der Waals surface area contributed by atoms with Gasteiger partial charge < -0.3 is 9.47 Å². The Hall–Kier alpha value is -1.85. The van der Waals surface area contributed by atoms with Gasteiger partial charge in [0, 0.05) is 13.1 Å². The number of nitrogens with zero attached hydrogens (tertiary/aromatic N) is 2. The minimum Gasteiger partial charge on any atom is -0.347 e. The van der Waals surface area contributed by atoms with Crippen LogP contribution >= 0.6 is 0 Å². The van der Waals surface area contributed by atoms with Crippen molar-refractivity contribution in [3.8, 4) is 0 Å². The summed E-state index contributed by atoms with van der Waals surface area (Å²) < 4.78 is 15.1. The molecule has 0 spiro atoms. The lowest BCUT2D eigenvalue weighted by Gasteiger charge is -2.30. The Balaban J connectivity index is 1.67.